The van der Waals surface area contributed by atoms with Crippen molar-refractivity contribution >= 4 is 23.2 Å². The van der Waals surface area contributed by atoms with E-state index in [2.05, 4.69) is 4.98 Å². The van der Waals surface area contributed by atoms with Gasteiger partial charge in [-0.3, -0.25) is 0 Å². The van der Waals surface area contributed by atoms with Crippen LogP contribution in [-0.2, 0) is 0 Å². The quantitative estimate of drug-likeness (QED) is 0.733. The van der Waals surface area contributed by atoms with E-state index in [9.17, 15) is 0 Å². The van der Waals surface area contributed by atoms with Crippen LogP contribution in [0, 0.1) is 6.92 Å². The van der Waals surface area contributed by atoms with Gasteiger partial charge in [0.25, 0.3) is 0 Å². The van der Waals surface area contributed by atoms with Crippen LogP contribution >= 0.6 is 23.2 Å². The average Bonchev–Trinajstić information content (AvgIpc) is 2.62. The molecule has 0 bridgehead atoms. The molecule has 2 aromatic rings. The summed E-state index contributed by atoms with van der Waals surface area (Å²) in [6, 6.07) is 7.45. The van der Waals surface area contributed by atoms with Gasteiger partial charge in [0.1, 0.15) is 5.38 Å². The topological polar surface area (TPSA) is 26.0 Å². The molecule has 0 spiro atoms. The summed E-state index contributed by atoms with van der Waals surface area (Å²) in [7, 11) is 0. The van der Waals surface area contributed by atoms with Crippen molar-refractivity contribution in [3.05, 3.63) is 40.9 Å². The number of oxazole rings is 1. The van der Waals surface area contributed by atoms with E-state index in [0.717, 1.165) is 17.0 Å². The first-order valence-corrected chi connectivity index (χ1v) is 5.76. The Balaban J connectivity index is 2.44. The zero-order valence-corrected chi connectivity index (χ0v) is 10.5. The second kappa shape index (κ2) is 4.48. The molecule has 0 aliphatic heterocycles. The molecule has 4 heteroatoms. The number of aryl methyl sites for hydroxylation is 1. The van der Waals surface area contributed by atoms with Gasteiger partial charge in [-0.05, 0) is 38.1 Å². The third kappa shape index (κ3) is 2.23. The van der Waals surface area contributed by atoms with E-state index in [0.29, 0.717) is 10.9 Å². The van der Waals surface area contributed by atoms with Gasteiger partial charge in [0, 0.05) is 10.6 Å². The summed E-state index contributed by atoms with van der Waals surface area (Å²) in [4.78, 5) is 4.28. The fourth-order valence-electron chi connectivity index (χ4n) is 1.46. The van der Waals surface area contributed by atoms with E-state index in [1.165, 1.54) is 0 Å². The Bertz CT molecular complexity index is 488. The lowest BCUT2D eigenvalue weighted by Gasteiger charge is -1.98. The van der Waals surface area contributed by atoms with Crippen LogP contribution in [0.2, 0.25) is 5.02 Å². The first-order chi connectivity index (χ1) is 7.58. The van der Waals surface area contributed by atoms with Crippen LogP contribution in [0.3, 0.4) is 0 Å². The molecule has 1 heterocycles. The molecule has 2 nitrogen and oxygen atoms in total. The van der Waals surface area contributed by atoms with Crippen molar-refractivity contribution in [2.75, 3.05) is 0 Å². The van der Waals surface area contributed by atoms with Gasteiger partial charge < -0.3 is 4.42 Å². The highest BCUT2D eigenvalue weighted by Crippen LogP contribution is 2.29. The highest BCUT2D eigenvalue weighted by molar-refractivity contribution is 6.30. The van der Waals surface area contributed by atoms with E-state index in [1.807, 2.05) is 38.1 Å². The molecular formula is C12H11Cl2NO. The van der Waals surface area contributed by atoms with Gasteiger partial charge >= 0.3 is 0 Å². The second-order valence-electron chi connectivity index (χ2n) is 3.59. The minimum atomic E-state index is -0.222. The molecule has 1 aromatic carbocycles. The summed E-state index contributed by atoms with van der Waals surface area (Å²) >= 11 is 11.8. The fourth-order valence-corrected chi connectivity index (χ4v) is 1.68. The van der Waals surface area contributed by atoms with Gasteiger partial charge in [-0.25, -0.2) is 4.98 Å². The number of aromatic nitrogens is 1. The number of alkyl halides is 1. The SMILES string of the molecule is Cc1nc([C@H](C)Cl)oc1-c1ccc(Cl)cc1. The van der Waals surface area contributed by atoms with E-state index in [-0.39, 0.29) is 5.38 Å². The zero-order chi connectivity index (χ0) is 11.7. The largest absolute Gasteiger partial charge is 0.439 e. The normalized spacial score (nSPS) is 12.8. The van der Waals surface area contributed by atoms with Crippen molar-refractivity contribution in [3.63, 3.8) is 0 Å². The molecule has 0 amide bonds. The molecule has 0 saturated carbocycles. The Morgan fingerprint density at radius 2 is 1.88 bits per heavy atom. The molecule has 1 atom stereocenters. The maximum Gasteiger partial charge on any atom is 0.212 e. The maximum absolute atomic E-state index is 5.92. The molecule has 0 N–H and O–H groups in total. The molecule has 0 radical (unpaired) electrons. The van der Waals surface area contributed by atoms with Crippen LogP contribution in [0.5, 0.6) is 0 Å². The first kappa shape index (κ1) is 11.5. The van der Waals surface area contributed by atoms with Crippen LogP contribution < -0.4 is 0 Å². The predicted molar refractivity (Wildman–Crippen MR) is 66.0 cm³/mol. The van der Waals surface area contributed by atoms with Crippen molar-refractivity contribution in [1.82, 2.24) is 4.98 Å². The van der Waals surface area contributed by atoms with Crippen LogP contribution in [0.15, 0.2) is 28.7 Å². The summed E-state index contributed by atoms with van der Waals surface area (Å²) < 4.78 is 5.62. The van der Waals surface area contributed by atoms with E-state index in [4.69, 9.17) is 27.6 Å². The molecule has 0 fully saturated rings. The van der Waals surface area contributed by atoms with E-state index >= 15 is 0 Å². The van der Waals surface area contributed by atoms with Gasteiger partial charge in [0.05, 0.1) is 5.69 Å². The monoisotopic (exact) mass is 255 g/mol. The van der Waals surface area contributed by atoms with Gasteiger partial charge in [-0.15, -0.1) is 11.6 Å². The molecule has 1 aromatic heterocycles. The third-order valence-corrected chi connectivity index (χ3v) is 2.70. The lowest BCUT2D eigenvalue weighted by atomic mass is 10.1. The highest BCUT2D eigenvalue weighted by atomic mass is 35.5. The molecule has 0 aliphatic carbocycles. The number of benzene rings is 1. The summed E-state index contributed by atoms with van der Waals surface area (Å²) in [6.45, 7) is 3.73. The maximum atomic E-state index is 5.92. The second-order valence-corrected chi connectivity index (χ2v) is 4.68. The molecule has 0 unspecified atom stereocenters. The van der Waals surface area contributed by atoms with E-state index < -0.39 is 0 Å². The average molecular weight is 256 g/mol. The Hall–Kier alpha value is -0.990. The number of hydrogen-bond acceptors (Lipinski definition) is 2. The van der Waals surface area contributed by atoms with Gasteiger partial charge in [-0.2, -0.15) is 0 Å². The number of nitrogens with zero attached hydrogens (tertiary/aromatic N) is 1. The summed E-state index contributed by atoms with van der Waals surface area (Å²) in [5, 5.41) is 0.478. The van der Waals surface area contributed by atoms with Gasteiger partial charge in [0.15, 0.2) is 5.76 Å². The molecule has 84 valence electrons. The third-order valence-electron chi connectivity index (χ3n) is 2.26. The van der Waals surface area contributed by atoms with Crippen LogP contribution in [0.25, 0.3) is 11.3 Å². The highest BCUT2D eigenvalue weighted by Gasteiger charge is 2.14. The molecule has 16 heavy (non-hydrogen) atoms. The Morgan fingerprint density at radius 3 is 2.38 bits per heavy atom. The molecule has 2 rings (SSSR count). The van der Waals surface area contributed by atoms with Gasteiger partial charge in [-0.1, -0.05) is 11.6 Å². The summed E-state index contributed by atoms with van der Waals surface area (Å²) in [5.74, 6) is 1.29. The minimum Gasteiger partial charge on any atom is -0.439 e. The minimum absolute atomic E-state index is 0.222. The summed E-state index contributed by atoms with van der Waals surface area (Å²) in [5.41, 5.74) is 1.79. The molecular weight excluding hydrogens is 245 g/mol. The number of rotatable bonds is 2. The smallest absolute Gasteiger partial charge is 0.212 e. The van der Waals surface area contributed by atoms with Crippen molar-refractivity contribution < 1.29 is 4.42 Å². The first-order valence-electron chi connectivity index (χ1n) is 4.95. The summed E-state index contributed by atoms with van der Waals surface area (Å²) in [6.07, 6.45) is 0. The number of halogens is 2. The predicted octanol–water partition coefficient (Wildman–Crippen LogP) is 4.60. The van der Waals surface area contributed by atoms with Crippen molar-refractivity contribution in [3.8, 4) is 11.3 Å². The Kier molecular flexibility index (Phi) is 3.22. The Labute approximate surface area is 104 Å². The number of hydrogen-bond donors (Lipinski definition) is 0. The molecule has 0 aliphatic rings. The lowest BCUT2D eigenvalue weighted by Crippen LogP contribution is -1.82. The van der Waals surface area contributed by atoms with Crippen molar-refractivity contribution in [2.24, 2.45) is 0 Å². The van der Waals surface area contributed by atoms with Gasteiger partial charge in [0.2, 0.25) is 5.89 Å². The fraction of sp³-hybridized carbons (Fsp3) is 0.250. The van der Waals surface area contributed by atoms with Crippen molar-refractivity contribution in [1.29, 1.82) is 0 Å². The zero-order valence-electron chi connectivity index (χ0n) is 9.00. The van der Waals surface area contributed by atoms with Crippen LogP contribution in [0.4, 0.5) is 0 Å². The molecule has 0 saturated heterocycles. The van der Waals surface area contributed by atoms with E-state index in [1.54, 1.807) is 0 Å². The van der Waals surface area contributed by atoms with Crippen LogP contribution in [0.1, 0.15) is 23.9 Å². The Morgan fingerprint density at radius 1 is 1.25 bits per heavy atom. The van der Waals surface area contributed by atoms with Crippen molar-refractivity contribution in [2.45, 2.75) is 19.2 Å². The standard InChI is InChI=1S/C12H11Cl2NO/c1-7(13)12-15-8(2)11(16-12)9-3-5-10(14)6-4-9/h3-7H,1-2H3/t7-/m0/s1. The van der Waals surface area contributed by atoms with Crippen LogP contribution in [-0.4, -0.2) is 4.98 Å². The lowest BCUT2D eigenvalue weighted by molar-refractivity contribution is 0.508.